The summed E-state index contributed by atoms with van der Waals surface area (Å²) in [6.45, 7) is 1.33. The number of nitrogens with zero attached hydrogens (tertiary/aromatic N) is 1. The Hall–Kier alpha value is -1.14. The topological polar surface area (TPSA) is 78.9 Å². The third-order valence-corrected chi connectivity index (χ3v) is 1.90. The van der Waals surface area contributed by atoms with Crippen molar-refractivity contribution in [1.82, 2.24) is 10.2 Å². The molecule has 15 heavy (non-hydrogen) atoms. The van der Waals surface area contributed by atoms with Crippen molar-refractivity contribution in [1.29, 1.82) is 0 Å². The number of carboxylic acid groups (broad SMARTS) is 1. The van der Waals surface area contributed by atoms with E-state index in [4.69, 9.17) is 9.84 Å². The molecule has 0 fully saturated rings. The molecule has 0 saturated carbocycles. The van der Waals surface area contributed by atoms with E-state index in [0.29, 0.717) is 26.1 Å². The molecule has 0 spiro atoms. The van der Waals surface area contributed by atoms with Gasteiger partial charge < -0.3 is 15.2 Å². The van der Waals surface area contributed by atoms with Crippen LogP contribution >= 0.6 is 0 Å². The van der Waals surface area contributed by atoms with Gasteiger partial charge in [-0.15, -0.1) is 0 Å². The second kappa shape index (κ2) is 8.19. The van der Waals surface area contributed by atoms with Crippen molar-refractivity contribution in [2.24, 2.45) is 0 Å². The number of carboxylic acids is 1. The Morgan fingerprint density at radius 3 is 2.53 bits per heavy atom. The summed E-state index contributed by atoms with van der Waals surface area (Å²) in [4.78, 5) is 23.1. The Kier molecular flexibility index (Phi) is 7.57. The minimum absolute atomic E-state index is 0.0691. The maximum absolute atomic E-state index is 11.0. The molecular weight excluding hydrogens is 200 g/mol. The molecule has 0 saturated heterocycles. The van der Waals surface area contributed by atoms with Gasteiger partial charge >= 0.3 is 5.97 Å². The molecule has 0 rings (SSSR count). The molecule has 0 heterocycles. The van der Waals surface area contributed by atoms with Crippen LogP contribution in [0.5, 0.6) is 0 Å². The van der Waals surface area contributed by atoms with Crippen LogP contribution in [0.3, 0.4) is 0 Å². The zero-order valence-corrected chi connectivity index (χ0v) is 9.15. The fraction of sp³-hybridized carbons (Fsp3) is 0.778. The van der Waals surface area contributed by atoms with E-state index < -0.39 is 5.97 Å². The fourth-order valence-corrected chi connectivity index (χ4v) is 1.07. The summed E-state index contributed by atoms with van der Waals surface area (Å²) in [6, 6.07) is 0. The first-order valence-corrected chi connectivity index (χ1v) is 4.73. The molecule has 6 heteroatoms. The van der Waals surface area contributed by atoms with Crippen LogP contribution in [-0.2, 0) is 14.3 Å². The Bertz CT molecular complexity index is 208. The summed E-state index contributed by atoms with van der Waals surface area (Å²) in [5.74, 6) is -0.995. The highest BCUT2D eigenvalue weighted by Crippen LogP contribution is 1.92. The van der Waals surface area contributed by atoms with Gasteiger partial charge in [-0.05, 0) is 0 Å². The van der Waals surface area contributed by atoms with Crippen molar-refractivity contribution in [3.8, 4) is 0 Å². The lowest BCUT2D eigenvalue weighted by atomic mass is 10.3. The van der Waals surface area contributed by atoms with Crippen LogP contribution in [0.25, 0.3) is 0 Å². The van der Waals surface area contributed by atoms with Gasteiger partial charge in [-0.3, -0.25) is 14.5 Å². The highest BCUT2D eigenvalue weighted by molar-refractivity contribution is 5.75. The largest absolute Gasteiger partial charge is 0.480 e. The van der Waals surface area contributed by atoms with Crippen LogP contribution in [0.2, 0.25) is 0 Å². The summed E-state index contributed by atoms with van der Waals surface area (Å²) in [7, 11) is 3.11. The van der Waals surface area contributed by atoms with Crippen LogP contribution in [0.15, 0.2) is 0 Å². The standard InChI is InChI=1S/C9H18N2O4/c1-10-8(12)3-4-11(5-6-15-2)7-9(13)14/h3-7H2,1-2H3,(H,10,12)(H,13,14). The second-order valence-corrected chi connectivity index (χ2v) is 3.09. The number of hydrogen-bond donors (Lipinski definition) is 2. The summed E-state index contributed by atoms with van der Waals surface area (Å²) in [5, 5.41) is 11.1. The van der Waals surface area contributed by atoms with Gasteiger partial charge in [-0.25, -0.2) is 0 Å². The quantitative estimate of drug-likeness (QED) is 0.555. The molecule has 0 aliphatic rings. The predicted octanol–water partition coefficient (Wildman–Crippen LogP) is -0.844. The minimum Gasteiger partial charge on any atom is -0.480 e. The molecule has 0 aliphatic carbocycles. The average Bonchev–Trinajstić information content (AvgIpc) is 2.20. The third kappa shape index (κ3) is 7.90. The van der Waals surface area contributed by atoms with Crippen molar-refractivity contribution in [2.45, 2.75) is 6.42 Å². The lowest BCUT2D eigenvalue weighted by molar-refractivity contribution is -0.138. The number of aliphatic carboxylic acids is 1. The van der Waals surface area contributed by atoms with Crippen LogP contribution < -0.4 is 5.32 Å². The molecule has 0 bridgehead atoms. The smallest absolute Gasteiger partial charge is 0.317 e. The fourth-order valence-electron chi connectivity index (χ4n) is 1.07. The monoisotopic (exact) mass is 218 g/mol. The maximum Gasteiger partial charge on any atom is 0.317 e. The van der Waals surface area contributed by atoms with Gasteiger partial charge in [0, 0.05) is 33.7 Å². The van der Waals surface area contributed by atoms with Gasteiger partial charge in [0.15, 0.2) is 0 Å². The van der Waals surface area contributed by atoms with Crippen molar-refractivity contribution in [2.75, 3.05) is 40.4 Å². The second-order valence-electron chi connectivity index (χ2n) is 3.09. The molecule has 6 nitrogen and oxygen atoms in total. The minimum atomic E-state index is -0.900. The summed E-state index contributed by atoms with van der Waals surface area (Å²) in [6.07, 6.45) is 0.299. The number of carbonyl (C=O) groups excluding carboxylic acids is 1. The number of amides is 1. The van der Waals surface area contributed by atoms with E-state index in [0.717, 1.165) is 0 Å². The van der Waals surface area contributed by atoms with Crippen molar-refractivity contribution < 1.29 is 19.4 Å². The van der Waals surface area contributed by atoms with Crippen molar-refractivity contribution in [3.63, 3.8) is 0 Å². The van der Waals surface area contributed by atoms with Crippen LogP contribution in [0, 0.1) is 0 Å². The molecule has 2 N–H and O–H groups in total. The average molecular weight is 218 g/mol. The summed E-state index contributed by atoms with van der Waals surface area (Å²) >= 11 is 0. The van der Waals surface area contributed by atoms with Crippen molar-refractivity contribution >= 4 is 11.9 Å². The SMILES string of the molecule is CNC(=O)CCN(CCOC)CC(=O)O. The van der Waals surface area contributed by atoms with E-state index in [1.54, 1.807) is 19.1 Å². The van der Waals surface area contributed by atoms with Gasteiger partial charge in [-0.2, -0.15) is 0 Å². The molecule has 88 valence electrons. The maximum atomic E-state index is 11.0. The van der Waals surface area contributed by atoms with Gasteiger partial charge in [-0.1, -0.05) is 0 Å². The number of methoxy groups -OCH3 is 1. The number of carbonyl (C=O) groups is 2. The van der Waals surface area contributed by atoms with E-state index >= 15 is 0 Å². The van der Waals surface area contributed by atoms with Crippen LogP contribution in [-0.4, -0.2) is 62.3 Å². The third-order valence-electron chi connectivity index (χ3n) is 1.90. The van der Waals surface area contributed by atoms with Gasteiger partial charge in [0.1, 0.15) is 0 Å². The van der Waals surface area contributed by atoms with E-state index in [2.05, 4.69) is 5.32 Å². The van der Waals surface area contributed by atoms with Gasteiger partial charge in [0.2, 0.25) is 5.91 Å². The van der Waals surface area contributed by atoms with E-state index in [9.17, 15) is 9.59 Å². The molecule has 0 atom stereocenters. The first kappa shape index (κ1) is 13.9. The molecule has 0 aromatic heterocycles. The van der Waals surface area contributed by atoms with Crippen molar-refractivity contribution in [3.05, 3.63) is 0 Å². The Balaban J connectivity index is 3.88. The number of rotatable bonds is 8. The lowest BCUT2D eigenvalue weighted by Gasteiger charge is -2.18. The van der Waals surface area contributed by atoms with Gasteiger partial charge in [0.05, 0.1) is 13.2 Å². The molecule has 0 unspecified atom stereocenters. The summed E-state index contributed by atoms with van der Waals surface area (Å²) in [5.41, 5.74) is 0. The normalized spacial score (nSPS) is 10.3. The van der Waals surface area contributed by atoms with Crippen LogP contribution in [0.4, 0.5) is 0 Å². The van der Waals surface area contributed by atoms with E-state index in [-0.39, 0.29) is 12.5 Å². The highest BCUT2D eigenvalue weighted by atomic mass is 16.5. The molecule has 0 radical (unpaired) electrons. The number of nitrogens with one attached hydrogen (secondary N) is 1. The zero-order chi connectivity index (χ0) is 11.7. The van der Waals surface area contributed by atoms with Crippen LogP contribution in [0.1, 0.15) is 6.42 Å². The summed E-state index contributed by atoms with van der Waals surface area (Å²) < 4.78 is 4.85. The molecule has 0 aliphatic heterocycles. The first-order valence-electron chi connectivity index (χ1n) is 4.73. The first-order chi connectivity index (χ1) is 7.10. The Morgan fingerprint density at radius 2 is 2.07 bits per heavy atom. The Morgan fingerprint density at radius 1 is 1.40 bits per heavy atom. The molecular formula is C9H18N2O4. The zero-order valence-electron chi connectivity index (χ0n) is 9.15. The predicted molar refractivity (Wildman–Crippen MR) is 54.6 cm³/mol. The van der Waals surface area contributed by atoms with E-state index in [1.165, 1.54) is 0 Å². The number of hydrogen-bond acceptors (Lipinski definition) is 4. The molecule has 0 aromatic rings. The van der Waals surface area contributed by atoms with E-state index in [1.807, 2.05) is 0 Å². The van der Waals surface area contributed by atoms with Gasteiger partial charge in [0.25, 0.3) is 0 Å². The molecule has 0 aromatic carbocycles. The Labute approximate surface area is 89.2 Å². The highest BCUT2D eigenvalue weighted by Gasteiger charge is 2.10. The molecule has 1 amide bonds. The lowest BCUT2D eigenvalue weighted by Crippen LogP contribution is -2.35. The number of ether oxygens (including phenoxy) is 1.